The minimum atomic E-state index is 0.308. The zero-order chi connectivity index (χ0) is 5.11. The van der Waals surface area contributed by atoms with Gasteiger partial charge in [0.25, 0.3) is 0 Å². The average Bonchev–Trinajstić information content (AvgIpc) is 1.69. The Morgan fingerprint density at radius 2 is 2.86 bits per heavy atom. The van der Waals surface area contributed by atoms with Gasteiger partial charge in [-0.15, -0.1) is 0 Å². The quantitative estimate of drug-likeness (QED) is 0.319. The van der Waals surface area contributed by atoms with Crippen LogP contribution in [0.4, 0.5) is 0 Å². The third-order valence-electron chi connectivity index (χ3n) is 0.691. The molecule has 0 radical (unpaired) electrons. The van der Waals surface area contributed by atoms with Crippen molar-refractivity contribution >= 4 is 6.29 Å². The largest absolute Gasteiger partial charge is 0.513 e. The minimum absolute atomic E-state index is 0.308. The van der Waals surface area contributed by atoms with Crippen LogP contribution in [0.5, 0.6) is 0 Å². The van der Waals surface area contributed by atoms with E-state index in [0.717, 1.165) is 5.76 Å². The highest BCUT2D eigenvalue weighted by atomic mass is 16.6. The lowest BCUT2D eigenvalue weighted by Crippen LogP contribution is -1.97. The van der Waals surface area contributed by atoms with E-state index in [9.17, 15) is 0 Å². The first-order chi connectivity index (χ1) is 3.39. The van der Waals surface area contributed by atoms with Crippen LogP contribution in [0.3, 0.4) is 0 Å². The van der Waals surface area contributed by atoms with E-state index in [1.807, 2.05) is 6.92 Å². The molecule has 1 rings (SSSR count). The molecule has 2 heteroatoms. The van der Waals surface area contributed by atoms with E-state index in [4.69, 9.17) is 4.74 Å². The van der Waals surface area contributed by atoms with Crippen LogP contribution in [0.25, 0.3) is 0 Å². The lowest BCUT2D eigenvalue weighted by Gasteiger charge is -2.05. The summed E-state index contributed by atoms with van der Waals surface area (Å²) in [5.74, 6) is 0.853. The molecule has 2 nitrogen and oxygen atoms in total. The molecule has 0 atom stereocenters. The van der Waals surface area contributed by atoms with Crippen LogP contribution >= 0.6 is 0 Å². The van der Waals surface area contributed by atoms with Crippen LogP contribution < -0.4 is 0 Å². The van der Waals surface area contributed by atoms with E-state index >= 15 is 0 Å². The number of hydrogen-bond acceptors (Lipinski definition) is 1. The fraction of sp³-hybridized carbons (Fsp3) is 0.400. The van der Waals surface area contributed by atoms with Gasteiger partial charge in [-0.05, 0) is 5.76 Å². The van der Waals surface area contributed by atoms with E-state index < -0.39 is 0 Å². The molecule has 0 fully saturated rings. The Bertz CT molecular complexity index is 113. The molecule has 0 bridgehead atoms. The first-order valence-electron chi connectivity index (χ1n) is 2.06. The zero-order valence-electron chi connectivity index (χ0n) is 4.10. The Morgan fingerprint density at radius 3 is 3.14 bits per heavy atom. The third kappa shape index (κ3) is 1.03. The van der Waals surface area contributed by atoms with Crippen LogP contribution in [0.15, 0.2) is 11.8 Å². The maximum atomic E-state index is 4.85. The summed E-state index contributed by atoms with van der Waals surface area (Å²) in [6, 6.07) is 0. The second-order valence-corrected chi connectivity index (χ2v) is 1.28. The Hall–Kier alpha value is -0.790. The maximum Gasteiger partial charge on any atom is 0.372 e. The van der Waals surface area contributed by atoms with Crippen molar-refractivity contribution in [3.05, 3.63) is 11.8 Å². The van der Waals surface area contributed by atoms with Gasteiger partial charge in [-0.3, -0.25) is 0 Å². The molecule has 1 aliphatic heterocycles. The van der Waals surface area contributed by atoms with E-state index in [1.54, 1.807) is 6.08 Å². The molecule has 0 N–H and O–H groups in total. The number of carbonyl (C=O) groups excluding carboxylic acids is 1. The van der Waals surface area contributed by atoms with Gasteiger partial charge in [0.2, 0.25) is 6.29 Å². The molecule has 1 aliphatic rings. The van der Waals surface area contributed by atoms with E-state index in [1.165, 1.54) is 0 Å². The van der Waals surface area contributed by atoms with Gasteiger partial charge in [-0.2, -0.15) is 0 Å². The minimum Gasteiger partial charge on any atom is -0.513 e. The molecular formula is C5H6O2. The summed E-state index contributed by atoms with van der Waals surface area (Å²) in [5.41, 5.74) is 0. The van der Waals surface area contributed by atoms with Gasteiger partial charge in [0, 0.05) is 0 Å². The first kappa shape index (κ1) is 4.37. The van der Waals surface area contributed by atoms with Crippen molar-refractivity contribution in [2.24, 2.45) is 0 Å². The average molecular weight is 98.1 g/mol. The van der Waals surface area contributed by atoms with Crippen molar-refractivity contribution in [1.82, 2.24) is 0 Å². The van der Waals surface area contributed by atoms with Crippen LogP contribution in [0.1, 0.15) is 6.92 Å². The normalized spacial score (nSPS) is 18.1. The molecule has 0 aliphatic carbocycles. The van der Waals surface area contributed by atoms with E-state index in [2.05, 4.69) is 10.7 Å². The SMILES string of the molecule is CC1=C[C-]=[O+]CO1. The fourth-order valence-electron chi connectivity index (χ4n) is 0.323. The van der Waals surface area contributed by atoms with Gasteiger partial charge in [-0.25, -0.2) is 0 Å². The summed E-state index contributed by atoms with van der Waals surface area (Å²) >= 11 is 0. The lowest BCUT2D eigenvalue weighted by atomic mass is 10.5. The highest BCUT2D eigenvalue weighted by Crippen LogP contribution is 1.94. The van der Waals surface area contributed by atoms with Crippen LogP contribution in [0, 0.1) is 0 Å². The van der Waals surface area contributed by atoms with Crippen LogP contribution in [0.2, 0.25) is 0 Å². The topological polar surface area (TPSA) is 20.5 Å². The molecule has 0 saturated heterocycles. The van der Waals surface area contributed by atoms with Crippen molar-refractivity contribution in [3.63, 3.8) is 0 Å². The summed E-state index contributed by atoms with van der Waals surface area (Å²) < 4.78 is 9.45. The molecule has 38 valence electrons. The van der Waals surface area contributed by atoms with E-state index in [0.29, 0.717) is 6.79 Å². The molecule has 0 saturated carbocycles. The van der Waals surface area contributed by atoms with E-state index in [-0.39, 0.29) is 0 Å². The van der Waals surface area contributed by atoms with Gasteiger partial charge in [0.05, 0.1) is 0 Å². The van der Waals surface area contributed by atoms with Crippen molar-refractivity contribution in [2.45, 2.75) is 6.92 Å². The Labute approximate surface area is 42.1 Å². The second-order valence-electron chi connectivity index (χ2n) is 1.28. The Morgan fingerprint density at radius 1 is 2.00 bits per heavy atom. The third-order valence-corrected chi connectivity index (χ3v) is 0.691. The standard InChI is InChI=1S/C5H6O2/c1-5-2-3-6-4-7-5/h2H,4H2,1H3. The predicted octanol–water partition coefficient (Wildman–Crippen LogP) is 0.523. The molecular weight excluding hydrogens is 92.1 g/mol. The van der Waals surface area contributed by atoms with Crippen molar-refractivity contribution < 1.29 is 9.16 Å². The van der Waals surface area contributed by atoms with Gasteiger partial charge < -0.3 is 9.16 Å². The summed E-state index contributed by atoms with van der Waals surface area (Å²) in [5, 5.41) is 0. The fourth-order valence-corrected chi connectivity index (χ4v) is 0.323. The van der Waals surface area contributed by atoms with Crippen molar-refractivity contribution in [1.29, 1.82) is 0 Å². The van der Waals surface area contributed by atoms with Crippen molar-refractivity contribution in [2.75, 3.05) is 6.79 Å². The Kier molecular flexibility index (Phi) is 1.11. The smallest absolute Gasteiger partial charge is 0.372 e. The zero-order valence-corrected chi connectivity index (χ0v) is 4.10. The van der Waals surface area contributed by atoms with Crippen LogP contribution in [-0.4, -0.2) is 13.1 Å². The van der Waals surface area contributed by atoms with Gasteiger partial charge in [0.1, 0.15) is 0 Å². The lowest BCUT2D eigenvalue weighted by molar-refractivity contribution is -0.0608. The molecule has 7 heavy (non-hydrogen) atoms. The highest BCUT2D eigenvalue weighted by molar-refractivity contribution is 5.67. The molecule has 0 aromatic heterocycles. The monoisotopic (exact) mass is 98.0 g/mol. The number of hydrogen-bond donors (Lipinski definition) is 0. The summed E-state index contributed by atoms with van der Waals surface area (Å²) in [4.78, 5) is 0. The number of allylic oxidation sites excluding steroid dienone is 2. The molecule has 0 aromatic rings. The maximum absolute atomic E-state index is 4.85. The van der Waals surface area contributed by atoms with Crippen LogP contribution in [-0.2, 0) is 9.16 Å². The van der Waals surface area contributed by atoms with Gasteiger partial charge in [-0.1, -0.05) is 13.0 Å². The highest BCUT2D eigenvalue weighted by Gasteiger charge is 1.88. The van der Waals surface area contributed by atoms with Gasteiger partial charge in [0.15, 0.2) is 0 Å². The molecule has 0 aromatic carbocycles. The van der Waals surface area contributed by atoms with Crippen molar-refractivity contribution in [3.8, 4) is 0 Å². The first-order valence-corrected chi connectivity index (χ1v) is 2.06. The molecule has 0 amide bonds. The second kappa shape index (κ2) is 1.78. The molecule has 0 spiro atoms. The molecule has 1 heterocycles. The number of ether oxygens (including phenoxy) is 1. The molecule has 0 unspecified atom stereocenters. The predicted molar refractivity (Wildman–Crippen MR) is 25.4 cm³/mol. The summed E-state index contributed by atoms with van der Waals surface area (Å²) in [7, 11) is 0. The summed E-state index contributed by atoms with van der Waals surface area (Å²) in [6.45, 7) is 2.16. The van der Waals surface area contributed by atoms with Gasteiger partial charge >= 0.3 is 6.79 Å². The number of rotatable bonds is 0. The summed E-state index contributed by atoms with van der Waals surface area (Å²) in [6.07, 6.45) is 4.20. The Balaban J connectivity index is 2.57.